The lowest BCUT2D eigenvalue weighted by atomic mass is 10.0. The van der Waals surface area contributed by atoms with Crippen LogP contribution in [0.1, 0.15) is 35.9 Å². The molecule has 2 heterocycles. The van der Waals surface area contributed by atoms with Crippen molar-refractivity contribution in [1.82, 2.24) is 10.2 Å². The molecule has 0 atom stereocenters. The molecule has 0 aliphatic carbocycles. The molecule has 0 bridgehead atoms. The number of hydrogen-bond acceptors (Lipinski definition) is 3. The minimum atomic E-state index is 0. The molecule has 1 aliphatic rings. The number of carbonyl (C=O) groups excluding carboxylic acids is 1. The Bertz CT molecular complexity index is 713. The molecule has 1 aliphatic heterocycles. The first kappa shape index (κ1) is 19.8. The normalized spacial score (nSPS) is 15.3. The Balaban J connectivity index is 0.00000208. The van der Waals surface area contributed by atoms with Crippen molar-refractivity contribution in [3.05, 3.63) is 33.1 Å². The standard InChI is InChI=1S/C17H20Cl2N2OS.ClH/c1-2-9-21(12-5-7-20-8-6-12)17(22)16-15(19)13-4-3-11(18)10-14(13)23-16;/h3-4,10,12,20H,2,5-9H2,1H3;1H. The Hall–Kier alpha value is -0.520. The second-order valence-electron chi connectivity index (χ2n) is 5.87. The van der Waals surface area contributed by atoms with E-state index in [9.17, 15) is 4.79 Å². The van der Waals surface area contributed by atoms with Crippen LogP contribution in [0.25, 0.3) is 10.1 Å². The van der Waals surface area contributed by atoms with Crippen LogP contribution in [-0.4, -0.2) is 36.5 Å². The van der Waals surface area contributed by atoms with Gasteiger partial charge in [0.2, 0.25) is 0 Å². The predicted octanol–water partition coefficient (Wildman–Crippen LogP) is 5.23. The van der Waals surface area contributed by atoms with Crippen molar-refractivity contribution in [1.29, 1.82) is 0 Å². The van der Waals surface area contributed by atoms with Crippen LogP contribution in [0.3, 0.4) is 0 Å². The summed E-state index contributed by atoms with van der Waals surface area (Å²) in [6.45, 7) is 4.81. The largest absolute Gasteiger partial charge is 0.335 e. The number of piperidine rings is 1. The minimum Gasteiger partial charge on any atom is -0.335 e. The fourth-order valence-electron chi connectivity index (χ4n) is 3.12. The Morgan fingerprint density at radius 3 is 2.71 bits per heavy atom. The van der Waals surface area contributed by atoms with Gasteiger partial charge in [-0.25, -0.2) is 0 Å². The number of carbonyl (C=O) groups is 1. The number of nitrogens with zero attached hydrogens (tertiary/aromatic N) is 1. The molecule has 132 valence electrons. The fourth-order valence-corrected chi connectivity index (χ4v) is 4.86. The van der Waals surface area contributed by atoms with Crippen molar-refractivity contribution in [3.63, 3.8) is 0 Å². The summed E-state index contributed by atoms with van der Waals surface area (Å²) < 4.78 is 0.965. The monoisotopic (exact) mass is 406 g/mol. The summed E-state index contributed by atoms with van der Waals surface area (Å²) in [5, 5.41) is 5.48. The molecule has 0 radical (unpaired) electrons. The van der Waals surface area contributed by atoms with Crippen LogP contribution in [0, 0.1) is 0 Å². The summed E-state index contributed by atoms with van der Waals surface area (Å²) in [7, 11) is 0. The Kier molecular flexibility index (Phi) is 7.20. The van der Waals surface area contributed by atoms with Crippen molar-refractivity contribution < 1.29 is 4.79 Å². The number of nitrogens with one attached hydrogen (secondary N) is 1. The van der Waals surface area contributed by atoms with Crippen LogP contribution < -0.4 is 5.32 Å². The SMILES string of the molecule is CCCN(C(=O)c1sc2cc(Cl)ccc2c1Cl)C1CCNCC1.Cl. The van der Waals surface area contributed by atoms with Crippen LogP contribution >= 0.6 is 46.9 Å². The van der Waals surface area contributed by atoms with Gasteiger partial charge >= 0.3 is 0 Å². The quantitative estimate of drug-likeness (QED) is 0.752. The van der Waals surface area contributed by atoms with Gasteiger partial charge in [0, 0.05) is 27.7 Å². The maximum Gasteiger partial charge on any atom is 0.265 e. The first-order valence-corrected chi connectivity index (χ1v) is 9.58. The zero-order valence-corrected chi connectivity index (χ0v) is 16.6. The van der Waals surface area contributed by atoms with Crippen LogP contribution in [0.15, 0.2) is 18.2 Å². The molecular formula is C17H21Cl3N2OS. The molecule has 1 aromatic carbocycles. The molecule has 1 fully saturated rings. The summed E-state index contributed by atoms with van der Waals surface area (Å²) >= 11 is 14.0. The Morgan fingerprint density at radius 1 is 1.33 bits per heavy atom. The van der Waals surface area contributed by atoms with Gasteiger partial charge in [-0.1, -0.05) is 36.2 Å². The second-order valence-corrected chi connectivity index (χ2v) is 7.73. The lowest BCUT2D eigenvalue weighted by Crippen LogP contribution is -2.46. The molecule has 3 nitrogen and oxygen atoms in total. The third kappa shape index (κ3) is 4.00. The van der Waals surface area contributed by atoms with Gasteiger partial charge in [0.1, 0.15) is 4.88 Å². The third-order valence-electron chi connectivity index (χ3n) is 4.26. The van der Waals surface area contributed by atoms with Crippen molar-refractivity contribution in [2.75, 3.05) is 19.6 Å². The van der Waals surface area contributed by atoms with Crippen molar-refractivity contribution in [2.45, 2.75) is 32.2 Å². The van der Waals surface area contributed by atoms with E-state index in [0.717, 1.165) is 49.0 Å². The molecule has 1 saturated heterocycles. The van der Waals surface area contributed by atoms with E-state index in [1.807, 2.05) is 23.1 Å². The molecule has 1 amide bonds. The summed E-state index contributed by atoms with van der Waals surface area (Å²) in [5.74, 6) is 0.0565. The maximum atomic E-state index is 13.1. The van der Waals surface area contributed by atoms with Crippen LogP contribution in [0.4, 0.5) is 0 Å². The van der Waals surface area contributed by atoms with E-state index >= 15 is 0 Å². The number of halogens is 3. The highest BCUT2D eigenvalue weighted by Gasteiger charge is 2.28. The van der Waals surface area contributed by atoms with Gasteiger partial charge in [-0.3, -0.25) is 4.79 Å². The first-order chi connectivity index (χ1) is 11.1. The number of amides is 1. The highest BCUT2D eigenvalue weighted by atomic mass is 35.5. The highest BCUT2D eigenvalue weighted by molar-refractivity contribution is 7.21. The molecular weight excluding hydrogens is 387 g/mol. The third-order valence-corrected chi connectivity index (χ3v) is 6.14. The molecule has 24 heavy (non-hydrogen) atoms. The van der Waals surface area contributed by atoms with Gasteiger partial charge in [-0.2, -0.15) is 0 Å². The van der Waals surface area contributed by atoms with E-state index in [4.69, 9.17) is 23.2 Å². The average molecular weight is 408 g/mol. The average Bonchev–Trinajstić information content (AvgIpc) is 2.89. The molecule has 2 aromatic rings. The number of fused-ring (bicyclic) bond motifs is 1. The van der Waals surface area contributed by atoms with E-state index in [0.29, 0.717) is 21.0 Å². The summed E-state index contributed by atoms with van der Waals surface area (Å²) in [6.07, 6.45) is 2.95. The zero-order chi connectivity index (χ0) is 16.4. The molecule has 0 spiro atoms. The van der Waals surface area contributed by atoms with E-state index < -0.39 is 0 Å². The lowest BCUT2D eigenvalue weighted by molar-refractivity contribution is 0.0648. The van der Waals surface area contributed by atoms with Crippen molar-refractivity contribution in [3.8, 4) is 0 Å². The van der Waals surface area contributed by atoms with Gasteiger partial charge in [0.15, 0.2) is 0 Å². The molecule has 0 unspecified atom stereocenters. The summed E-state index contributed by atoms with van der Waals surface area (Å²) in [4.78, 5) is 15.8. The number of benzene rings is 1. The lowest BCUT2D eigenvalue weighted by Gasteiger charge is -2.34. The highest BCUT2D eigenvalue weighted by Crippen LogP contribution is 2.37. The zero-order valence-electron chi connectivity index (χ0n) is 13.5. The molecule has 0 saturated carbocycles. The second kappa shape index (κ2) is 8.72. The Labute approximate surface area is 162 Å². The van der Waals surface area contributed by atoms with Crippen LogP contribution in [0.2, 0.25) is 10.0 Å². The number of rotatable bonds is 4. The van der Waals surface area contributed by atoms with Crippen LogP contribution in [0.5, 0.6) is 0 Å². The fraction of sp³-hybridized carbons (Fsp3) is 0.471. The number of thiophene rings is 1. The smallest absolute Gasteiger partial charge is 0.265 e. The van der Waals surface area contributed by atoms with Crippen molar-refractivity contribution in [2.24, 2.45) is 0 Å². The maximum absolute atomic E-state index is 13.1. The van der Waals surface area contributed by atoms with E-state index in [1.165, 1.54) is 11.3 Å². The molecule has 7 heteroatoms. The van der Waals surface area contributed by atoms with Gasteiger partial charge in [-0.05, 0) is 44.5 Å². The van der Waals surface area contributed by atoms with E-state index in [-0.39, 0.29) is 18.3 Å². The number of hydrogen-bond donors (Lipinski definition) is 1. The molecule has 3 rings (SSSR count). The summed E-state index contributed by atoms with van der Waals surface area (Å²) in [5.41, 5.74) is 0. The molecule has 1 aromatic heterocycles. The van der Waals surface area contributed by atoms with Crippen LogP contribution in [-0.2, 0) is 0 Å². The summed E-state index contributed by atoms with van der Waals surface area (Å²) in [6, 6.07) is 5.88. The van der Waals surface area contributed by atoms with E-state index in [2.05, 4.69) is 12.2 Å². The van der Waals surface area contributed by atoms with Gasteiger partial charge in [-0.15, -0.1) is 23.7 Å². The topological polar surface area (TPSA) is 32.3 Å². The van der Waals surface area contributed by atoms with Gasteiger partial charge < -0.3 is 10.2 Å². The molecule has 1 N–H and O–H groups in total. The van der Waals surface area contributed by atoms with Gasteiger partial charge in [0.25, 0.3) is 5.91 Å². The minimum absolute atomic E-state index is 0. The van der Waals surface area contributed by atoms with E-state index in [1.54, 1.807) is 0 Å². The predicted molar refractivity (Wildman–Crippen MR) is 106 cm³/mol. The Morgan fingerprint density at radius 2 is 2.04 bits per heavy atom. The van der Waals surface area contributed by atoms with Gasteiger partial charge in [0.05, 0.1) is 5.02 Å². The first-order valence-electron chi connectivity index (χ1n) is 8.01. The van der Waals surface area contributed by atoms with Crippen molar-refractivity contribution >= 4 is 62.9 Å².